The lowest BCUT2D eigenvalue weighted by molar-refractivity contribution is -0.141. The average Bonchev–Trinajstić information content (AvgIpc) is 2.37. The monoisotopic (exact) mass is 335 g/mol. The highest BCUT2D eigenvalue weighted by Gasteiger charge is 2.19. The number of nitrogens with one attached hydrogen (secondary N) is 1. The van der Waals surface area contributed by atoms with Crippen molar-refractivity contribution in [3.63, 3.8) is 0 Å². The van der Waals surface area contributed by atoms with Crippen molar-refractivity contribution >= 4 is 46.8 Å². The smallest absolute Gasteiger partial charge is 0.326 e. The van der Waals surface area contributed by atoms with Crippen molar-refractivity contribution in [1.29, 1.82) is 0 Å². The number of hydrogen-bond acceptors (Lipinski definition) is 3. The standard InChI is InChI=1S/C13H15Cl2NO3S/c1-20-5-4-11(13(18)19)16-12(17)6-8-2-3-9(14)7-10(8)15/h2-3,7,11H,4-6H2,1H3,(H,16,17)(H,18,19)/t11-/m1/s1. The Labute approximate surface area is 131 Å². The zero-order chi connectivity index (χ0) is 15.1. The molecular weight excluding hydrogens is 321 g/mol. The fraction of sp³-hybridized carbons (Fsp3) is 0.385. The first kappa shape index (κ1) is 17.1. The molecule has 2 N–H and O–H groups in total. The summed E-state index contributed by atoms with van der Waals surface area (Å²) in [6.45, 7) is 0. The minimum absolute atomic E-state index is 0.0268. The Morgan fingerprint density at radius 3 is 2.65 bits per heavy atom. The van der Waals surface area contributed by atoms with E-state index < -0.39 is 12.0 Å². The van der Waals surface area contributed by atoms with Gasteiger partial charge in [-0.15, -0.1) is 0 Å². The molecule has 0 saturated carbocycles. The number of carboxylic acid groups (broad SMARTS) is 1. The molecule has 0 unspecified atom stereocenters. The van der Waals surface area contributed by atoms with Crippen LogP contribution in [-0.4, -0.2) is 35.0 Å². The lowest BCUT2D eigenvalue weighted by Gasteiger charge is -2.14. The van der Waals surface area contributed by atoms with Gasteiger partial charge in [0.05, 0.1) is 6.42 Å². The summed E-state index contributed by atoms with van der Waals surface area (Å²) in [5, 5.41) is 12.4. The third-order valence-corrected chi connectivity index (χ3v) is 3.84. The molecule has 0 aliphatic carbocycles. The molecule has 0 radical (unpaired) electrons. The van der Waals surface area contributed by atoms with Gasteiger partial charge in [-0.3, -0.25) is 4.79 Å². The van der Waals surface area contributed by atoms with Crippen LogP contribution in [0.1, 0.15) is 12.0 Å². The molecule has 1 atom stereocenters. The minimum atomic E-state index is -1.03. The highest BCUT2D eigenvalue weighted by molar-refractivity contribution is 7.98. The predicted octanol–water partition coefficient (Wildman–Crippen LogP) is 2.86. The molecule has 0 spiro atoms. The number of hydrogen-bond donors (Lipinski definition) is 2. The second kappa shape index (κ2) is 8.39. The summed E-state index contributed by atoms with van der Waals surface area (Å²) in [4.78, 5) is 22.9. The molecule has 0 aliphatic rings. The molecule has 1 rings (SSSR count). The summed E-state index contributed by atoms with van der Waals surface area (Å²) in [6, 6.07) is 3.97. The van der Waals surface area contributed by atoms with E-state index in [0.717, 1.165) is 0 Å². The molecule has 20 heavy (non-hydrogen) atoms. The maximum atomic E-state index is 11.9. The number of benzene rings is 1. The van der Waals surface area contributed by atoms with Crippen LogP contribution in [-0.2, 0) is 16.0 Å². The fourth-order valence-electron chi connectivity index (χ4n) is 1.58. The Balaban J connectivity index is 2.63. The van der Waals surface area contributed by atoms with Gasteiger partial charge >= 0.3 is 5.97 Å². The van der Waals surface area contributed by atoms with Gasteiger partial charge in [-0.1, -0.05) is 29.3 Å². The zero-order valence-corrected chi connectivity index (χ0v) is 13.2. The topological polar surface area (TPSA) is 66.4 Å². The quantitative estimate of drug-likeness (QED) is 0.804. The van der Waals surface area contributed by atoms with Crippen molar-refractivity contribution < 1.29 is 14.7 Å². The zero-order valence-electron chi connectivity index (χ0n) is 10.9. The predicted molar refractivity (Wildman–Crippen MR) is 82.7 cm³/mol. The van der Waals surface area contributed by atoms with E-state index in [9.17, 15) is 9.59 Å². The lowest BCUT2D eigenvalue weighted by Crippen LogP contribution is -2.41. The van der Waals surface area contributed by atoms with E-state index in [1.807, 2.05) is 6.26 Å². The van der Waals surface area contributed by atoms with Crippen molar-refractivity contribution in [1.82, 2.24) is 5.32 Å². The number of carboxylic acids is 1. The van der Waals surface area contributed by atoms with Crippen molar-refractivity contribution in [3.05, 3.63) is 33.8 Å². The van der Waals surface area contributed by atoms with Gasteiger partial charge < -0.3 is 10.4 Å². The van der Waals surface area contributed by atoms with Crippen LogP contribution in [0.4, 0.5) is 0 Å². The normalized spacial score (nSPS) is 11.9. The van der Waals surface area contributed by atoms with E-state index in [4.69, 9.17) is 28.3 Å². The van der Waals surface area contributed by atoms with E-state index >= 15 is 0 Å². The summed E-state index contributed by atoms with van der Waals surface area (Å²) >= 11 is 13.3. The molecule has 4 nitrogen and oxygen atoms in total. The van der Waals surface area contributed by atoms with Gasteiger partial charge in [-0.2, -0.15) is 11.8 Å². The number of amides is 1. The first-order valence-corrected chi connectivity index (χ1v) is 8.04. The fourth-order valence-corrected chi connectivity index (χ4v) is 2.52. The van der Waals surface area contributed by atoms with Gasteiger partial charge in [0.1, 0.15) is 6.04 Å². The number of aliphatic carboxylic acids is 1. The van der Waals surface area contributed by atoms with Crippen molar-refractivity contribution in [2.24, 2.45) is 0 Å². The van der Waals surface area contributed by atoms with Crippen molar-refractivity contribution in [3.8, 4) is 0 Å². The van der Waals surface area contributed by atoms with Crippen LogP contribution in [0.2, 0.25) is 10.0 Å². The Morgan fingerprint density at radius 1 is 1.40 bits per heavy atom. The molecule has 0 fully saturated rings. The molecule has 0 aromatic heterocycles. The van der Waals surface area contributed by atoms with Crippen LogP contribution >= 0.6 is 35.0 Å². The van der Waals surface area contributed by atoms with E-state index in [0.29, 0.717) is 27.8 Å². The number of carbonyl (C=O) groups is 2. The van der Waals surface area contributed by atoms with Gasteiger partial charge in [-0.05, 0) is 36.1 Å². The van der Waals surface area contributed by atoms with Crippen LogP contribution in [0, 0.1) is 0 Å². The summed E-state index contributed by atoms with van der Waals surface area (Å²) in [5.74, 6) is -0.740. The third kappa shape index (κ3) is 5.61. The molecule has 0 bridgehead atoms. The minimum Gasteiger partial charge on any atom is -0.480 e. The second-order valence-electron chi connectivity index (χ2n) is 4.15. The van der Waals surface area contributed by atoms with Crippen molar-refractivity contribution in [2.45, 2.75) is 18.9 Å². The Bertz CT molecular complexity index is 497. The largest absolute Gasteiger partial charge is 0.480 e. The van der Waals surface area contributed by atoms with E-state index in [2.05, 4.69) is 5.32 Å². The molecule has 110 valence electrons. The molecule has 0 heterocycles. The molecule has 1 aromatic rings. The molecular formula is C13H15Cl2NO3S. The van der Waals surface area contributed by atoms with Gasteiger partial charge in [0, 0.05) is 10.0 Å². The number of rotatable bonds is 7. The van der Waals surface area contributed by atoms with Crippen LogP contribution in [0.25, 0.3) is 0 Å². The summed E-state index contributed by atoms with van der Waals surface area (Å²) in [5.41, 5.74) is 0.613. The van der Waals surface area contributed by atoms with Gasteiger partial charge in [0.2, 0.25) is 5.91 Å². The van der Waals surface area contributed by atoms with Crippen molar-refractivity contribution in [2.75, 3.05) is 12.0 Å². The van der Waals surface area contributed by atoms with Crippen LogP contribution in [0.5, 0.6) is 0 Å². The molecule has 0 saturated heterocycles. The van der Waals surface area contributed by atoms with Gasteiger partial charge in [0.15, 0.2) is 0 Å². The molecule has 1 aromatic carbocycles. The summed E-state index contributed by atoms with van der Waals surface area (Å²) < 4.78 is 0. The van der Waals surface area contributed by atoms with E-state index in [1.165, 1.54) is 11.8 Å². The summed E-state index contributed by atoms with van der Waals surface area (Å²) in [6.07, 6.45) is 2.30. The number of thioether (sulfide) groups is 1. The van der Waals surface area contributed by atoms with Crippen LogP contribution in [0.15, 0.2) is 18.2 Å². The van der Waals surface area contributed by atoms with E-state index in [1.54, 1.807) is 18.2 Å². The maximum absolute atomic E-state index is 11.9. The number of carbonyl (C=O) groups excluding carboxylic acids is 1. The molecule has 1 amide bonds. The van der Waals surface area contributed by atoms with Crippen LogP contribution < -0.4 is 5.32 Å². The maximum Gasteiger partial charge on any atom is 0.326 e. The van der Waals surface area contributed by atoms with Gasteiger partial charge in [0.25, 0.3) is 0 Å². The molecule has 7 heteroatoms. The Hall–Kier alpha value is -0.910. The SMILES string of the molecule is CSCC[C@@H](NC(=O)Cc1ccc(Cl)cc1Cl)C(=O)O. The van der Waals surface area contributed by atoms with Gasteiger partial charge in [-0.25, -0.2) is 4.79 Å². The average molecular weight is 336 g/mol. The first-order valence-electron chi connectivity index (χ1n) is 5.89. The summed E-state index contributed by atoms with van der Waals surface area (Å²) in [7, 11) is 0. The first-order chi connectivity index (χ1) is 9.43. The molecule has 0 aliphatic heterocycles. The highest BCUT2D eigenvalue weighted by atomic mass is 35.5. The second-order valence-corrected chi connectivity index (χ2v) is 5.98. The lowest BCUT2D eigenvalue weighted by atomic mass is 10.1. The van der Waals surface area contributed by atoms with E-state index in [-0.39, 0.29) is 12.3 Å². The Kier molecular flexibility index (Phi) is 7.19. The third-order valence-electron chi connectivity index (χ3n) is 2.61. The highest BCUT2D eigenvalue weighted by Crippen LogP contribution is 2.21. The Morgan fingerprint density at radius 2 is 2.10 bits per heavy atom. The van der Waals surface area contributed by atoms with Crippen LogP contribution in [0.3, 0.4) is 0 Å². The number of halogens is 2.